The van der Waals surface area contributed by atoms with Gasteiger partial charge in [-0.2, -0.15) is 18.3 Å². The van der Waals surface area contributed by atoms with Crippen molar-refractivity contribution in [2.45, 2.75) is 39.0 Å². The van der Waals surface area contributed by atoms with Gasteiger partial charge in [-0.1, -0.05) is 0 Å². The molecule has 0 saturated carbocycles. The molecule has 6 nitrogen and oxygen atoms in total. The van der Waals surface area contributed by atoms with E-state index in [1.165, 1.54) is 0 Å². The predicted molar refractivity (Wildman–Crippen MR) is 85.2 cm³/mol. The fourth-order valence-electron chi connectivity index (χ4n) is 3.36. The number of halogens is 3. The minimum atomic E-state index is -4.38. The van der Waals surface area contributed by atoms with Gasteiger partial charge in [0, 0.05) is 32.8 Å². The maximum absolute atomic E-state index is 12.8. The summed E-state index contributed by atoms with van der Waals surface area (Å²) in [7, 11) is 3.44. The highest BCUT2D eigenvalue weighted by molar-refractivity contribution is 5.30. The first-order valence-electron chi connectivity index (χ1n) is 8.20. The molecule has 0 aliphatic carbocycles. The van der Waals surface area contributed by atoms with Crippen molar-refractivity contribution in [1.29, 1.82) is 0 Å². The van der Waals surface area contributed by atoms with Crippen molar-refractivity contribution in [2.75, 3.05) is 13.7 Å². The molecule has 3 heterocycles. The molecule has 1 aliphatic heterocycles. The highest BCUT2D eigenvalue weighted by Gasteiger charge is 2.35. The molecule has 0 amide bonds. The first-order valence-corrected chi connectivity index (χ1v) is 8.20. The molecule has 3 rings (SSSR count). The average molecular weight is 357 g/mol. The van der Waals surface area contributed by atoms with Crippen molar-refractivity contribution in [3.05, 3.63) is 29.0 Å². The monoisotopic (exact) mass is 357 g/mol. The van der Waals surface area contributed by atoms with Gasteiger partial charge >= 0.3 is 6.18 Å². The molecule has 0 spiro atoms. The van der Waals surface area contributed by atoms with E-state index in [9.17, 15) is 13.2 Å². The maximum Gasteiger partial charge on any atom is 0.434 e. The minimum absolute atomic E-state index is 0.269. The van der Waals surface area contributed by atoms with Crippen molar-refractivity contribution in [3.8, 4) is 5.88 Å². The van der Waals surface area contributed by atoms with Crippen LogP contribution in [-0.4, -0.2) is 33.0 Å². The van der Waals surface area contributed by atoms with Crippen molar-refractivity contribution >= 4 is 0 Å². The summed E-state index contributed by atoms with van der Waals surface area (Å²) in [6.45, 7) is 3.81. The van der Waals surface area contributed by atoms with Crippen LogP contribution in [0.25, 0.3) is 0 Å². The van der Waals surface area contributed by atoms with Crippen LogP contribution in [0.2, 0.25) is 0 Å². The van der Waals surface area contributed by atoms with Crippen molar-refractivity contribution in [2.24, 2.45) is 13.0 Å². The lowest BCUT2D eigenvalue weighted by Gasteiger charge is -2.24. The van der Waals surface area contributed by atoms with Gasteiger partial charge in [0.05, 0.1) is 18.4 Å². The molecule has 0 aromatic carbocycles. The van der Waals surface area contributed by atoms with E-state index in [1.54, 1.807) is 16.4 Å². The molecule has 0 radical (unpaired) electrons. The number of nitrogens with one attached hydrogen (secondary N) is 1. The number of methoxy groups -OCH3 is 1. The van der Waals surface area contributed by atoms with E-state index in [4.69, 9.17) is 4.74 Å². The third-order valence-corrected chi connectivity index (χ3v) is 4.60. The molecule has 0 saturated heterocycles. The van der Waals surface area contributed by atoms with Crippen LogP contribution in [-0.2, 0) is 32.7 Å². The van der Waals surface area contributed by atoms with Gasteiger partial charge < -0.3 is 14.6 Å². The average Bonchev–Trinajstić information content (AvgIpc) is 3.07. The van der Waals surface area contributed by atoms with Crippen LogP contribution < -0.4 is 10.1 Å². The summed E-state index contributed by atoms with van der Waals surface area (Å²) in [6.07, 6.45) is -1.87. The first kappa shape index (κ1) is 17.8. The molecular formula is C16H22F3N5O. The van der Waals surface area contributed by atoms with E-state index >= 15 is 0 Å². The Morgan fingerprint density at radius 1 is 1.40 bits per heavy atom. The number of aromatic nitrogens is 4. The van der Waals surface area contributed by atoms with Gasteiger partial charge in [0.2, 0.25) is 5.88 Å². The summed E-state index contributed by atoms with van der Waals surface area (Å²) < 4.78 is 47.0. The second-order valence-corrected chi connectivity index (χ2v) is 6.42. The number of aryl methyl sites for hydroxylation is 3. The summed E-state index contributed by atoms with van der Waals surface area (Å²) in [5.41, 5.74) is 1.11. The zero-order valence-electron chi connectivity index (χ0n) is 14.5. The number of imidazole rings is 1. The summed E-state index contributed by atoms with van der Waals surface area (Å²) >= 11 is 0. The van der Waals surface area contributed by atoms with E-state index in [1.807, 2.05) is 14.0 Å². The van der Waals surface area contributed by atoms with E-state index < -0.39 is 11.9 Å². The van der Waals surface area contributed by atoms with E-state index in [0.717, 1.165) is 36.3 Å². The van der Waals surface area contributed by atoms with E-state index in [0.29, 0.717) is 25.3 Å². The number of nitrogens with zero attached hydrogens (tertiary/aromatic N) is 4. The molecule has 1 unspecified atom stereocenters. The summed E-state index contributed by atoms with van der Waals surface area (Å²) in [4.78, 5) is 3.71. The largest absolute Gasteiger partial charge is 0.481 e. The van der Waals surface area contributed by atoms with Crippen LogP contribution in [0, 0.1) is 12.8 Å². The number of rotatable bonds is 5. The molecule has 2 aromatic rings. The normalized spacial score (nSPS) is 17.6. The summed E-state index contributed by atoms with van der Waals surface area (Å²) in [5.74, 6) is 1.51. The topological polar surface area (TPSA) is 56.9 Å². The van der Waals surface area contributed by atoms with Gasteiger partial charge in [0.25, 0.3) is 0 Å². The fraction of sp³-hybridized carbons (Fsp3) is 0.625. The Morgan fingerprint density at radius 2 is 2.16 bits per heavy atom. The number of ether oxygens (including phenoxy) is 1. The highest BCUT2D eigenvalue weighted by atomic mass is 19.4. The van der Waals surface area contributed by atoms with Crippen LogP contribution in [0.4, 0.5) is 13.2 Å². The Balaban J connectivity index is 1.58. The fourth-order valence-corrected chi connectivity index (χ4v) is 3.36. The quantitative estimate of drug-likeness (QED) is 0.892. The van der Waals surface area contributed by atoms with Crippen LogP contribution in [0.3, 0.4) is 0 Å². The van der Waals surface area contributed by atoms with Crippen LogP contribution in [0.5, 0.6) is 5.88 Å². The molecular weight excluding hydrogens is 335 g/mol. The number of hydrogen-bond acceptors (Lipinski definition) is 4. The molecule has 138 valence electrons. The second kappa shape index (κ2) is 6.70. The Kier molecular flexibility index (Phi) is 4.77. The Morgan fingerprint density at radius 3 is 2.84 bits per heavy atom. The third kappa shape index (κ3) is 3.65. The number of fused-ring (bicyclic) bond motifs is 1. The summed E-state index contributed by atoms with van der Waals surface area (Å²) in [5, 5.41) is 7.71. The smallest absolute Gasteiger partial charge is 0.434 e. The van der Waals surface area contributed by atoms with Gasteiger partial charge in [-0.15, -0.1) is 0 Å². The molecule has 0 fully saturated rings. The number of alkyl halides is 3. The maximum atomic E-state index is 12.8. The number of hydrogen-bond donors (Lipinski definition) is 1. The van der Waals surface area contributed by atoms with Gasteiger partial charge in [0.15, 0.2) is 5.69 Å². The van der Waals surface area contributed by atoms with E-state index in [-0.39, 0.29) is 5.92 Å². The zero-order valence-corrected chi connectivity index (χ0v) is 14.5. The van der Waals surface area contributed by atoms with Gasteiger partial charge in [0.1, 0.15) is 5.82 Å². The first-order chi connectivity index (χ1) is 11.8. The van der Waals surface area contributed by atoms with Crippen LogP contribution >= 0.6 is 0 Å². The SMILES string of the molecule is COc1c(CNCC2CCc3nc(C(F)(F)F)cn3C2)c(C)nn1C. The molecule has 1 N–H and O–H groups in total. The van der Waals surface area contributed by atoms with Crippen molar-refractivity contribution in [1.82, 2.24) is 24.6 Å². The molecule has 1 aliphatic rings. The molecule has 0 bridgehead atoms. The lowest BCUT2D eigenvalue weighted by Crippen LogP contribution is -2.29. The standard InChI is InChI=1S/C16H22F3N5O/c1-10-12(15(25-3)23(2)22-10)7-20-6-11-4-5-14-21-13(16(17,18)19)9-24(14)8-11/h9,11,20H,4-8H2,1-3H3. The Bertz CT molecular complexity index is 750. The van der Waals surface area contributed by atoms with Crippen molar-refractivity contribution in [3.63, 3.8) is 0 Å². The second-order valence-electron chi connectivity index (χ2n) is 6.42. The van der Waals surface area contributed by atoms with Crippen LogP contribution in [0.15, 0.2) is 6.20 Å². The lowest BCUT2D eigenvalue weighted by molar-refractivity contribution is -0.141. The van der Waals surface area contributed by atoms with Crippen molar-refractivity contribution < 1.29 is 17.9 Å². The Labute approximate surface area is 144 Å². The zero-order chi connectivity index (χ0) is 18.2. The van der Waals surface area contributed by atoms with Crippen LogP contribution in [0.1, 0.15) is 29.2 Å². The van der Waals surface area contributed by atoms with E-state index in [2.05, 4.69) is 15.4 Å². The summed E-state index contributed by atoms with van der Waals surface area (Å²) in [6, 6.07) is 0. The third-order valence-electron chi connectivity index (χ3n) is 4.60. The molecule has 9 heteroatoms. The Hall–Kier alpha value is -2.03. The van der Waals surface area contributed by atoms with Gasteiger partial charge in [-0.25, -0.2) is 9.67 Å². The molecule has 25 heavy (non-hydrogen) atoms. The predicted octanol–water partition coefficient (Wildman–Crippen LogP) is 2.30. The highest BCUT2D eigenvalue weighted by Crippen LogP contribution is 2.30. The molecule has 1 atom stereocenters. The minimum Gasteiger partial charge on any atom is -0.481 e. The molecule has 2 aromatic heterocycles. The lowest BCUT2D eigenvalue weighted by atomic mass is 9.99. The van der Waals surface area contributed by atoms with Gasteiger partial charge in [-0.3, -0.25) is 0 Å². The van der Waals surface area contributed by atoms with Gasteiger partial charge in [-0.05, 0) is 25.8 Å².